The zero-order valence-electron chi connectivity index (χ0n) is 15.7. The third-order valence-electron chi connectivity index (χ3n) is 4.46. The van der Waals surface area contributed by atoms with Gasteiger partial charge in [-0.25, -0.2) is 4.98 Å². The minimum absolute atomic E-state index is 0.267. The number of amides is 1. The number of fused-ring (bicyclic) bond motifs is 1. The molecule has 0 fully saturated rings. The highest BCUT2D eigenvalue weighted by atomic mass is 16.5. The van der Waals surface area contributed by atoms with Crippen LogP contribution in [0.3, 0.4) is 0 Å². The molecule has 4 rings (SSSR count). The first kappa shape index (κ1) is 18.3. The van der Waals surface area contributed by atoms with Gasteiger partial charge in [0.25, 0.3) is 5.91 Å². The predicted octanol–water partition coefficient (Wildman–Crippen LogP) is 4.51. The molecule has 0 aliphatic heterocycles. The van der Waals surface area contributed by atoms with Crippen LogP contribution >= 0.6 is 0 Å². The number of aromatic nitrogens is 2. The number of rotatable bonds is 5. The summed E-state index contributed by atoms with van der Waals surface area (Å²) in [5, 5.41) is 11.7. The maximum Gasteiger partial charge on any atom is 0.265 e. The van der Waals surface area contributed by atoms with Crippen molar-refractivity contribution in [3.05, 3.63) is 78.4 Å². The Bertz CT molecular complexity index is 1170. The third kappa shape index (κ3) is 4.09. The smallest absolute Gasteiger partial charge is 0.265 e. The van der Waals surface area contributed by atoms with Crippen molar-refractivity contribution in [3.63, 3.8) is 0 Å². The number of nitrogens with zero attached hydrogens (tertiary/aromatic N) is 2. The molecule has 0 aliphatic carbocycles. The number of H-pyrrole nitrogens is 1. The minimum Gasteiger partial charge on any atom is -0.481 e. The molecular weight excluding hydrogens is 364 g/mol. The summed E-state index contributed by atoms with van der Waals surface area (Å²) < 4.78 is 5.66. The van der Waals surface area contributed by atoms with E-state index in [9.17, 15) is 4.79 Å². The summed E-state index contributed by atoms with van der Waals surface area (Å²) in [7, 11) is 0. The molecule has 0 bridgehead atoms. The van der Waals surface area contributed by atoms with Crippen molar-refractivity contribution in [3.8, 4) is 23.2 Å². The summed E-state index contributed by atoms with van der Waals surface area (Å²) in [6.07, 6.45) is -0.696. The Morgan fingerprint density at radius 3 is 2.66 bits per heavy atom. The lowest BCUT2D eigenvalue weighted by Crippen LogP contribution is -2.30. The summed E-state index contributed by atoms with van der Waals surface area (Å²) in [6, 6.07) is 24.0. The first-order chi connectivity index (χ1) is 14.1. The summed E-state index contributed by atoms with van der Waals surface area (Å²) in [6.45, 7) is 1.68. The second kappa shape index (κ2) is 7.87. The van der Waals surface area contributed by atoms with Gasteiger partial charge >= 0.3 is 0 Å². The zero-order chi connectivity index (χ0) is 20.2. The Kier molecular flexibility index (Phi) is 4.95. The molecule has 1 heterocycles. The van der Waals surface area contributed by atoms with E-state index in [1.54, 1.807) is 31.2 Å². The van der Waals surface area contributed by atoms with E-state index in [1.807, 2.05) is 54.6 Å². The van der Waals surface area contributed by atoms with E-state index in [0.29, 0.717) is 17.0 Å². The molecular formula is C23H18N4O2. The van der Waals surface area contributed by atoms with E-state index in [0.717, 1.165) is 22.4 Å². The molecule has 3 aromatic carbocycles. The molecule has 1 unspecified atom stereocenters. The number of nitriles is 1. The van der Waals surface area contributed by atoms with Gasteiger partial charge in [-0.05, 0) is 55.5 Å². The number of ether oxygens (including phenoxy) is 1. The van der Waals surface area contributed by atoms with Crippen LogP contribution in [0.2, 0.25) is 0 Å². The summed E-state index contributed by atoms with van der Waals surface area (Å²) in [5.41, 5.74) is 3.92. The lowest BCUT2D eigenvalue weighted by atomic mass is 10.2. The first-order valence-electron chi connectivity index (χ1n) is 9.15. The number of hydrogen-bond donors (Lipinski definition) is 2. The Hall–Kier alpha value is -4.11. The molecule has 0 radical (unpaired) electrons. The van der Waals surface area contributed by atoms with E-state index in [4.69, 9.17) is 10.00 Å². The molecule has 6 nitrogen and oxygen atoms in total. The Labute approximate surface area is 167 Å². The first-order valence-corrected chi connectivity index (χ1v) is 9.15. The maximum atomic E-state index is 12.5. The fourth-order valence-corrected chi connectivity index (χ4v) is 2.94. The SMILES string of the molecule is CC(Oc1ccc(C#N)cc1)C(=O)Nc1cccc(-c2nc3ccccc3[nH]2)c1. The average molecular weight is 382 g/mol. The fourth-order valence-electron chi connectivity index (χ4n) is 2.94. The normalized spacial score (nSPS) is 11.6. The largest absolute Gasteiger partial charge is 0.481 e. The molecule has 0 aliphatic rings. The van der Waals surface area contributed by atoms with Crippen molar-refractivity contribution in [2.75, 3.05) is 5.32 Å². The zero-order valence-corrected chi connectivity index (χ0v) is 15.7. The average Bonchev–Trinajstić information content (AvgIpc) is 3.19. The fraction of sp³-hybridized carbons (Fsp3) is 0.0870. The number of hydrogen-bond acceptors (Lipinski definition) is 4. The van der Waals surface area contributed by atoms with Crippen LogP contribution in [-0.4, -0.2) is 22.0 Å². The summed E-state index contributed by atoms with van der Waals surface area (Å²) >= 11 is 0. The minimum atomic E-state index is -0.696. The highest BCUT2D eigenvalue weighted by Crippen LogP contribution is 2.23. The topological polar surface area (TPSA) is 90.8 Å². The summed E-state index contributed by atoms with van der Waals surface area (Å²) in [4.78, 5) is 20.4. The van der Waals surface area contributed by atoms with Gasteiger partial charge < -0.3 is 15.0 Å². The van der Waals surface area contributed by atoms with Crippen LogP contribution in [0.1, 0.15) is 12.5 Å². The van der Waals surface area contributed by atoms with Gasteiger partial charge in [-0.2, -0.15) is 5.26 Å². The van der Waals surface area contributed by atoms with Crippen LogP contribution in [0.5, 0.6) is 5.75 Å². The van der Waals surface area contributed by atoms with E-state index in [-0.39, 0.29) is 5.91 Å². The molecule has 0 saturated carbocycles. The van der Waals surface area contributed by atoms with Gasteiger partial charge in [-0.1, -0.05) is 24.3 Å². The van der Waals surface area contributed by atoms with Gasteiger partial charge in [0.1, 0.15) is 11.6 Å². The number of aromatic amines is 1. The van der Waals surface area contributed by atoms with Crippen LogP contribution < -0.4 is 10.1 Å². The standard InChI is InChI=1S/C23H18N4O2/c1-15(29-19-11-9-16(14-24)10-12-19)23(28)25-18-6-4-5-17(13-18)22-26-20-7-2-3-8-21(20)27-22/h2-13,15H,1H3,(H,25,28)(H,26,27). The number of carbonyl (C=O) groups is 1. The van der Waals surface area contributed by atoms with E-state index < -0.39 is 6.10 Å². The predicted molar refractivity (Wildman–Crippen MR) is 111 cm³/mol. The van der Waals surface area contributed by atoms with Gasteiger partial charge in [0.05, 0.1) is 22.7 Å². The number of nitrogens with one attached hydrogen (secondary N) is 2. The monoisotopic (exact) mass is 382 g/mol. The van der Waals surface area contributed by atoms with E-state index in [1.165, 1.54) is 0 Å². The molecule has 6 heteroatoms. The van der Waals surface area contributed by atoms with Crippen LogP contribution in [0, 0.1) is 11.3 Å². The molecule has 2 N–H and O–H groups in total. The highest BCUT2D eigenvalue weighted by molar-refractivity contribution is 5.94. The van der Waals surface area contributed by atoms with Gasteiger partial charge in [-0.3, -0.25) is 4.79 Å². The van der Waals surface area contributed by atoms with Crippen molar-refractivity contribution in [1.82, 2.24) is 9.97 Å². The second-order valence-electron chi connectivity index (χ2n) is 6.57. The Morgan fingerprint density at radius 1 is 1.10 bits per heavy atom. The van der Waals surface area contributed by atoms with Crippen molar-refractivity contribution >= 4 is 22.6 Å². The lowest BCUT2D eigenvalue weighted by Gasteiger charge is -2.15. The number of para-hydroxylation sites is 2. The van der Waals surface area contributed by atoms with Crippen LogP contribution in [0.15, 0.2) is 72.8 Å². The third-order valence-corrected chi connectivity index (χ3v) is 4.46. The molecule has 1 amide bonds. The van der Waals surface area contributed by atoms with Crippen LogP contribution in [-0.2, 0) is 4.79 Å². The second-order valence-corrected chi connectivity index (χ2v) is 6.57. The van der Waals surface area contributed by atoms with Gasteiger partial charge in [0.15, 0.2) is 6.10 Å². The molecule has 142 valence electrons. The number of imidazole rings is 1. The number of benzene rings is 3. The van der Waals surface area contributed by atoms with Gasteiger partial charge in [0.2, 0.25) is 0 Å². The van der Waals surface area contributed by atoms with Crippen molar-refractivity contribution in [2.24, 2.45) is 0 Å². The van der Waals surface area contributed by atoms with E-state index >= 15 is 0 Å². The number of carbonyl (C=O) groups excluding carboxylic acids is 1. The van der Waals surface area contributed by atoms with Crippen LogP contribution in [0.25, 0.3) is 22.4 Å². The van der Waals surface area contributed by atoms with Gasteiger partial charge in [0, 0.05) is 11.3 Å². The van der Waals surface area contributed by atoms with Crippen molar-refractivity contribution < 1.29 is 9.53 Å². The molecule has 0 spiro atoms. The number of anilines is 1. The van der Waals surface area contributed by atoms with E-state index in [2.05, 4.69) is 15.3 Å². The summed E-state index contributed by atoms with van der Waals surface area (Å²) in [5.74, 6) is 1.00. The quantitative estimate of drug-likeness (QED) is 0.531. The van der Waals surface area contributed by atoms with Crippen molar-refractivity contribution in [2.45, 2.75) is 13.0 Å². The Morgan fingerprint density at radius 2 is 1.90 bits per heavy atom. The van der Waals surface area contributed by atoms with Gasteiger partial charge in [-0.15, -0.1) is 0 Å². The highest BCUT2D eigenvalue weighted by Gasteiger charge is 2.15. The van der Waals surface area contributed by atoms with Crippen molar-refractivity contribution in [1.29, 1.82) is 5.26 Å². The lowest BCUT2D eigenvalue weighted by molar-refractivity contribution is -0.122. The molecule has 1 atom stereocenters. The maximum absolute atomic E-state index is 12.5. The Balaban J connectivity index is 1.46. The molecule has 0 saturated heterocycles. The molecule has 1 aromatic heterocycles. The molecule has 29 heavy (non-hydrogen) atoms. The van der Waals surface area contributed by atoms with Crippen LogP contribution in [0.4, 0.5) is 5.69 Å². The molecule has 4 aromatic rings.